The first-order valence-corrected chi connectivity index (χ1v) is 11.4. The minimum absolute atomic E-state index is 0. The molecule has 0 radical (unpaired) electrons. The summed E-state index contributed by atoms with van der Waals surface area (Å²) in [4.78, 5) is 34.1. The number of carbonyl (C=O) groups is 1. The number of hydrogen-bond acceptors (Lipinski definition) is 8. The maximum absolute atomic E-state index is 14.2. The molecule has 35 heavy (non-hydrogen) atoms. The van der Waals surface area contributed by atoms with Gasteiger partial charge in [0.2, 0.25) is 0 Å². The molecular formula is C22H24ClF2N5O4S. The van der Waals surface area contributed by atoms with Crippen LogP contribution in [0.3, 0.4) is 0 Å². The van der Waals surface area contributed by atoms with Gasteiger partial charge < -0.3 is 14.5 Å². The highest BCUT2D eigenvalue weighted by Gasteiger charge is 2.27. The first-order valence-electron chi connectivity index (χ1n) is 10.6. The van der Waals surface area contributed by atoms with E-state index in [1.807, 2.05) is 23.9 Å². The maximum atomic E-state index is 14.2. The van der Waals surface area contributed by atoms with Gasteiger partial charge in [-0.2, -0.15) is 0 Å². The quantitative estimate of drug-likeness (QED) is 0.339. The van der Waals surface area contributed by atoms with Gasteiger partial charge in [-0.3, -0.25) is 19.8 Å². The molecule has 1 aliphatic heterocycles. The third-order valence-electron chi connectivity index (χ3n) is 5.42. The second-order valence-corrected chi connectivity index (χ2v) is 9.06. The lowest BCUT2D eigenvalue weighted by molar-refractivity contribution is -0.384. The van der Waals surface area contributed by atoms with Crippen molar-refractivity contribution in [2.45, 2.75) is 0 Å². The SMILES string of the molecule is CN(C)CCN(C(=O)c1ccc(N2CCOCC2)c([N+](=O)[O-])c1)c1nc2c(F)cc(F)cc2s1.Cl. The van der Waals surface area contributed by atoms with E-state index in [0.29, 0.717) is 38.5 Å². The lowest BCUT2D eigenvalue weighted by Crippen LogP contribution is -2.37. The van der Waals surface area contributed by atoms with E-state index < -0.39 is 22.5 Å². The van der Waals surface area contributed by atoms with Crippen molar-refractivity contribution in [3.63, 3.8) is 0 Å². The van der Waals surface area contributed by atoms with Gasteiger partial charge in [-0.05, 0) is 32.3 Å². The number of nitro benzene ring substituents is 1. The van der Waals surface area contributed by atoms with Crippen molar-refractivity contribution < 1.29 is 23.2 Å². The fourth-order valence-electron chi connectivity index (χ4n) is 3.68. The second kappa shape index (κ2) is 11.2. The molecule has 0 aliphatic carbocycles. The largest absolute Gasteiger partial charge is 0.378 e. The van der Waals surface area contributed by atoms with Crippen LogP contribution in [0.15, 0.2) is 30.3 Å². The summed E-state index contributed by atoms with van der Waals surface area (Å²) >= 11 is 0.984. The summed E-state index contributed by atoms with van der Waals surface area (Å²) in [5, 5.41) is 12.0. The van der Waals surface area contributed by atoms with Crippen LogP contribution in [-0.2, 0) is 4.74 Å². The first kappa shape index (κ1) is 26.7. The molecule has 0 N–H and O–H groups in total. The van der Waals surface area contributed by atoms with Crippen LogP contribution in [0.25, 0.3) is 10.2 Å². The second-order valence-electron chi connectivity index (χ2n) is 8.05. The fraction of sp³-hybridized carbons (Fsp3) is 0.364. The van der Waals surface area contributed by atoms with Crippen LogP contribution in [0.5, 0.6) is 0 Å². The Labute approximate surface area is 210 Å². The highest BCUT2D eigenvalue weighted by atomic mass is 35.5. The third-order valence-corrected chi connectivity index (χ3v) is 6.44. The Balaban J connectivity index is 0.00000342. The van der Waals surface area contributed by atoms with Crippen LogP contribution in [0.1, 0.15) is 10.4 Å². The van der Waals surface area contributed by atoms with Gasteiger partial charge in [-0.1, -0.05) is 11.3 Å². The van der Waals surface area contributed by atoms with Crippen LogP contribution in [0.4, 0.5) is 25.3 Å². The molecule has 2 heterocycles. The summed E-state index contributed by atoms with van der Waals surface area (Å²) in [7, 11) is 3.66. The van der Waals surface area contributed by atoms with Crippen molar-refractivity contribution in [1.82, 2.24) is 9.88 Å². The number of ether oxygens (including phenoxy) is 1. The number of nitro groups is 1. The topological polar surface area (TPSA) is 92.0 Å². The fourth-order valence-corrected chi connectivity index (χ4v) is 4.70. The molecule has 2 aromatic carbocycles. The van der Waals surface area contributed by atoms with Gasteiger partial charge in [0, 0.05) is 43.9 Å². The van der Waals surface area contributed by atoms with E-state index in [4.69, 9.17) is 4.74 Å². The Hall–Kier alpha value is -2.93. The number of fused-ring (bicyclic) bond motifs is 1. The van der Waals surface area contributed by atoms with E-state index in [0.717, 1.165) is 23.5 Å². The molecule has 0 atom stereocenters. The van der Waals surface area contributed by atoms with Crippen molar-refractivity contribution in [1.29, 1.82) is 0 Å². The van der Waals surface area contributed by atoms with Crippen molar-refractivity contribution in [2.75, 3.05) is 63.3 Å². The van der Waals surface area contributed by atoms with Crippen LogP contribution in [0, 0.1) is 21.7 Å². The van der Waals surface area contributed by atoms with Gasteiger partial charge >= 0.3 is 0 Å². The summed E-state index contributed by atoms with van der Waals surface area (Å²) in [5.74, 6) is -2.07. The zero-order valence-electron chi connectivity index (χ0n) is 19.1. The van der Waals surface area contributed by atoms with Crippen LogP contribution >= 0.6 is 23.7 Å². The molecule has 1 saturated heterocycles. The third kappa shape index (κ3) is 5.84. The van der Waals surface area contributed by atoms with E-state index in [-0.39, 0.29) is 45.6 Å². The van der Waals surface area contributed by atoms with Gasteiger partial charge in [0.05, 0.1) is 22.8 Å². The zero-order chi connectivity index (χ0) is 24.4. The normalized spacial score (nSPS) is 13.7. The average molecular weight is 528 g/mol. The Morgan fingerprint density at radius 1 is 1.20 bits per heavy atom. The zero-order valence-corrected chi connectivity index (χ0v) is 20.7. The molecule has 0 unspecified atom stereocenters. The monoisotopic (exact) mass is 527 g/mol. The summed E-state index contributed by atoms with van der Waals surface area (Å²) in [5.41, 5.74) is 0.311. The highest BCUT2D eigenvalue weighted by Crippen LogP contribution is 2.34. The van der Waals surface area contributed by atoms with Gasteiger partial charge in [0.1, 0.15) is 17.0 Å². The number of thiazole rings is 1. The van der Waals surface area contributed by atoms with Gasteiger partial charge in [0.15, 0.2) is 10.9 Å². The van der Waals surface area contributed by atoms with Crippen molar-refractivity contribution in [3.05, 3.63) is 57.6 Å². The van der Waals surface area contributed by atoms with E-state index in [9.17, 15) is 23.7 Å². The number of halogens is 3. The maximum Gasteiger partial charge on any atom is 0.293 e. The molecule has 1 fully saturated rings. The molecule has 0 spiro atoms. The van der Waals surface area contributed by atoms with Crippen molar-refractivity contribution >= 4 is 56.4 Å². The van der Waals surface area contributed by atoms with Crippen LogP contribution in [-0.4, -0.2) is 74.2 Å². The van der Waals surface area contributed by atoms with Gasteiger partial charge in [-0.25, -0.2) is 13.8 Å². The van der Waals surface area contributed by atoms with E-state index in [1.54, 1.807) is 6.07 Å². The average Bonchev–Trinajstić information content (AvgIpc) is 3.23. The van der Waals surface area contributed by atoms with Crippen LogP contribution in [0.2, 0.25) is 0 Å². The number of carbonyl (C=O) groups excluding carboxylic acids is 1. The number of amides is 1. The molecule has 1 aliphatic rings. The van der Waals surface area contributed by atoms with E-state index in [1.165, 1.54) is 17.0 Å². The number of hydrogen-bond donors (Lipinski definition) is 0. The van der Waals surface area contributed by atoms with Crippen molar-refractivity contribution in [2.24, 2.45) is 0 Å². The summed E-state index contributed by atoms with van der Waals surface area (Å²) < 4.78 is 33.5. The van der Waals surface area contributed by atoms with E-state index >= 15 is 0 Å². The smallest absolute Gasteiger partial charge is 0.293 e. The molecule has 0 bridgehead atoms. The number of nitrogens with zero attached hydrogens (tertiary/aromatic N) is 5. The molecular weight excluding hydrogens is 504 g/mol. The molecule has 0 saturated carbocycles. The summed E-state index contributed by atoms with van der Waals surface area (Å²) in [6, 6.07) is 6.26. The Bertz CT molecular complexity index is 1240. The lowest BCUT2D eigenvalue weighted by atomic mass is 10.1. The summed E-state index contributed by atoms with van der Waals surface area (Å²) in [6.45, 7) is 2.62. The minimum Gasteiger partial charge on any atom is -0.378 e. The standard InChI is InChI=1S/C22H23F2N5O4S.ClH/c1-26(2)5-6-28(22-25-20-16(24)12-15(23)13-19(20)34-22)21(30)14-3-4-17(18(11-14)29(31)32)27-7-9-33-10-8-27;/h3-4,11-13H,5-10H2,1-2H3;1H. The molecule has 1 amide bonds. The lowest BCUT2D eigenvalue weighted by Gasteiger charge is -2.28. The Kier molecular flexibility index (Phi) is 8.54. The predicted octanol–water partition coefficient (Wildman–Crippen LogP) is 3.95. The van der Waals surface area contributed by atoms with E-state index in [2.05, 4.69) is 4.98 Å². The molecule has 3 aromatic rings. The Morgan fingerprint density at radius 3 is 2.57 bits per heavy atom. The van der Waals surface area contributed by atoms with Gasteiger partial charge in [0.25, 0.3) is 11.6 Å². The first-order chi connectivity index (χ1) is 16.2. The van der Waals surface area contributed by atoms with Gasteiger partial charge in [-0.15, -0.1) is 12.4 Å². The number of rotatable bonds is 7. The number of anilines is 2. The van der Waals surface area contributed by atoms with Crippen LogP contribution < -0.4 is 9.80 Å². The number of benzene rings is 2. The summed E-state index contributed by atoms with van der Waals surface area (Å²) in [6.07, 6.45) is 0. The number of likely N-dealkylation sites (N-methyl/N-ethyl adjacent to an activating group) is 1. The minimum atomic E-state index is -0.817. The predicted molar refractivity (Wildman–Crippen MR) is 133 cm³/mol. The molecule has 9 nitrogen and oxygen atoms in total. The molecule has 188 valence electrons. The molecule has 1 aromatic heterocycles. The Morgan fingerprint density at radius 2 is 1.91 bits per heavy atom. The molecule has 4 rings (SSSR count). The van der Waals surface area contributed by atoms with Crippen molar-refractivity contribution in [3.8, 4) is 0 Å². The highest BCUT2D eigenvalue weighted by molar-refractivity contribution is 7.22. The number of morpholine rings is 1. The molecule has 13 heteroatoms. The number of aromatic nitrogens is 1.